The van der Waals surface area contributed by atoms with Gasteiger partial charge in [0.25, 0.3) is 11.7 Å². The van der Waals surface area contributed by atoms with Gasteiger partial charge in [-0.05, 0) is 38.5 Å². The van der Waals surface area contributed by atoms with Crippen LogP contribution in [0, 0.1) is 13.8 Å². The van der Waals surface area contributed by atoms with Crippen molar-refractivity contribution in [2.75, 3.05) is 13.7 Å². The molecule has 0 radical (unpaired) electrons. The number of amides is 1. The van der Waals surface area contributed by atoms with Crippen LogP contribution in [-0.4, -0.2) is 25.3 Å². The molecular weight excluding hydrogens is 318 g/mol. The fourth-order valence-corrected chi connectivity index (χ4v) is 2.57. The summed E-state index contributed by atoms with van der Waals surface area (Å²) in [5.41, 5.74) is 3.01. The molecule has 2 rings (SSSR count). The normalized spacial score (nSPS) is 10.2. The van der Waals surface area contributed by atoms with E-state index in [9.17, 15) is 9.59 Å². The third-order valence-electron chi connectivity index (χ3n) is 3.81. The number of carbonyl (C=O) groups excluding carboxylic acids is 2. The molecule has 0 saturated heterocycles. The van der Waals surface area contributed by atoms with Gasteiger partial charge in [-0.3, -0.25) is 9.59 Å². The lowest BCUT2D eigenvalue weighted by Gasteiger charge is -2.16. The Hall–Kier alpha value is -2.82. The summed E-state index contributed by atoms with van der Waals surface area (Å²) in [6.07, 6.45) is 0. The van der Waals surface area contributed by atoms with Crippen molar-refractivity contribution in [2.24, 2.45) is 0 Å². The number of aryl methyl sites for hydroxylation is 2. The summed E-state index contributed by atoms with van der Waals surface area (Å²) in [6.45, 7) is 6.43. The number of Topliss-reactive ketones (excluding diaryl/α,β-unsaturated/α-hetero) is 1. The van der Waals surface area contributed by atoms with Crippen LogP contribution in [0.25, 0.3) is 0 Å². The molecule has 1 N–H and O–H groups in total. The van der Waals surface area contributed by atoms with Gasteiger partial charge in [-0.2, -0.15) is 0 Å². The van der Waals surface area contributed by atoms with E-state index in [-0.39, 0.29) is 12.2 Å². The van der Waals surface area contributed by atoms with Crippen LogP contribution in [-0.2, 0) is 11.4 Å². The van der Waals surface area contributed by atoms with Gasteiger partial charge in [-0.1, -0.05) is 29.8 Å². The number of carbonyl (C=O) groups is 2. The molecule has 5 nitrogen and oxygen atoms in total. The Balaban J connectivity index is 2.36. The maximum Gasteiger partial charge on any atom is 0.292 e. The van der Waals surface area contributed by atoms with Crippen LogP contribution in [0.15, 0.2) is 36.4 Å². The van der Waals surface area contributed by atoms with Gasteiger partial charge in [0.2, 0.25) is 0 Å². The van der Waals surface area contributed by atoms with E-state index < -0.39 is 11.7 Å². The summed E-state index contributed by atoms with van der Waals surface area (Å²) >= 11 is 0. The van der Waals surface area contributed by atoms with E-state index in [0.29, 0.717) is 17.9 Å². The largest absolute Gasteiger partial charge is 0.493 e. The van der Waals surface area contributed by atoms with Gasteiger partial charge < -0.3 is 14.8 Å². The molecule has 0 aliphatic rings. The zero-order valence-corrected chi connectivity index (χ0v) is 15.0. The first-order chi connectivity index (χ1) is 12.0. The molecule has 0 heterocycles. The molecule has 0 aliphatic heterocycles. The molecule has 25 heavy (non-hydrogen) atoms. The average molecular weight is 341 g/mol. The number of hydrogen-bond acceptors (Lipinski definition) is 4. The van der Waals surface area contributed by atoms with Crippen molar-refractivity contribution < 1.29 is 19.1 Å². The second-order valence-electron chi connectivity index (χ2n) is 5.68. The number of likely N-dealkylation sites (N-methyl/N-ethyl adjacent to an activating group) is 1. The number of ether oxygens (including phenoxy) is 2. The summed E-state index contributed by atoms with van der Waals surface area (Å²) in [4.78, 5) is 24.1. The third kappa shape index (κ3) is 4.38. The lowest BCUT2D eigenvalue weighted by molar-refractivity contribution is -0.116. The summed E-state index contributed by atoms with van der Waals surface area (Å²) in [7, 11) is 1.43. The van der Waals surface area contributed by atoms with Crippen molar-refractivity contribution in [3.8, 4) is 11.5 Å². The highest BCUT2D eigenvalue weighted by Crippen LogP contribution is 2.27. The SMILES string of the molecule is CCOc1cccc(C(=O)C(=O)NC)c1COc1ccc(C)cc1C. The molecular formula is C20H23NO4. The Kier molecular flexibility index (Phi) is 6.17. The smallest absolute Gasteiger partial charge is 0.292 e. The minimum atomic E-state index is -0.665. The van der Waals surface area contributed by atoms with E-state index in [1.165, 1.54) is 7.05 Å². The van der Waals surface area contributed by atoms with Gasteiger partial charge in [0.1, 0.15) is 18.1 Å². The first-order valence-electron chi connectivity index (χ1n) is 8.19. The van der Waals surface area contributed by atoms with Gasteiger partial charge in [-0.15, -0.1) is 0 Å². The molecule has 5 heteroatoms. The molecule has 0 spiro atoms. The first-order valence-corrected chi connectivity index (χ1v) is 8.19. The topological polar surface area (TPSA) is 64.6 Å². The van der Waals surface area contributed by atoms with E-state index in [1.807, 2.05) is 39.0 Å². The minimum Gasteiger partial charge on any atom is -0.493 e. The minimum absolute atomic E-state index is 0.137. The number of benzene rings is 2. The van der Waals surface area contributed by atoms with Crippen LogP contribution >= 0.6 is 0 Å². The maximum atomic E-state index is 12.4. The Morgan fingerprint density at radius 1 is 1.04 bits per heavy atom. The summed E-state index contributed by atoms with van der Waals surface area (Å²) in [5, 5.41) is 2.36. The van der Waals surface area contributed by atoms with Gasteiger partial charge in [0.15, 0.2) is 0 Å². The summed E-state index contributed by atoms with van der Waals surface area (Å²) in [6, 6.07) is 11.0. The number of ketones is 1. The maximum absolute atomic E-state index is 12.4. The number of nitrogens with one attached hydrogen (secondary N) is 1. The molecule has 0 aromatic heterocycles. The summed E-state index contributed by atoms with van der Waals surface area (Å²) in [5.74, 6) is 0.00181. The van der Waals surface area contributed by atoms with E-state index >= 15 is 0 Å². The van der Waals surface area contributed by atoms with Crippen molar-refractivity contribution >= 4 is 11.7 Å². The van der Waals surface area contributed by atoms with E-state index in [0.717, 1.165) is 16.9 Å². The van der Waals surface area contributed by atoms with Crippen molar-refractivity contribution in [3.63, 3.8) is 0 Å². The van der Waals surface area contributed by atoms with Crippen molar-refractivity contribution in [3.05, 3.63) is 58.7 Å². The first kappa shape index (κ1) is 18.5. The number of rotatable bonds is 7. The Morgan fingerprint density at radius 3 is 2.44 bits per heavy atom. The average Bonchev–Trinajstić information content (AvgIpc) is 2.60. The highest BCUT2D eigenvalue weighted by Gasteiger charge is 2.21. The van der Waals surface area contributed by atoms with Crippen molar-refractivity contribution in [2.45, 2.75) is 27.4 Å². The third-order valence-corrected chi connectivity index (χ3v) is 3.81. The molecule has 2 aromatic rings. The second kappa shape index (κ2) is 8.33. The van der Waals surface area contributed by atoms with Gasteiger partial charge >= 0.3 is 0 Å². The predicted molar refractivity (Wildman–Crippen MR) is 96.3 cm³/mol. The van der Waals surface area contributed by atoms with E-state index in [1.54, 1.807) is 18.2 Å². The fraction of sp³-hybridized carbons (Fsp3) is 0.300. The Bertz CT molecular complexity index is 783. The zero-order valence-electron chi connectivity index (χ0n) is 15.0. The van der Waals surface area contributed by atoms with Crippen LogP contribution < -0.4 is 14.8 Å². The molecule has 2 aromatic carbocycles. The molecule has 0 fully saturated rings. The monoisotopic (exact) mass is 341 g/mol. The lowest BCUT2D eigenvalue weighted by atomic mass is 10.0. The highest BCUT2D eigenvalue weighted by atomic mass is 16.5. The summed E-state index contributed by atoms with van der Waals surface area (Å²) < 4.78 is 11.5. The molecule has 0 aliphatic carbocycles. The fourth-order valence-electron chi connectivity index (χ4n) is 2.57. The van der Waals surface area contributed by atoms with E-state index in [2.05, 4.69) is 5.32 Å². The van der Waals surface area contributed by atoms with Crippen LogP contribution in [0.2, 0.25) is 0 Å². The quantitative estimate of drug-likeness (QED) is 0.620. The second-order valence-corrected chi connectivity index (χ2v) is 5.68. The predicted octanol–water partition coefficient (Wildman–Crippen LogP) is 3.21. The van der Waals surface area contributed by atoms with Gasteiger partial charge in [0, 0.05) is 18.2 Å². The van der Waals surface area contributed by atoms with Crippen molar-refractivity contribution in [1.82, 2.24) is 5.32 Å². The van der Waals surface area contributed by atoms with Crippen LogP contribution in [0.3, 0.4) is 0 Å². The number of hydrogen-bond donors (Lipinski definition) is 1. The Labute approximate surface area is 148 Å². The Morgan fingerprint density at radius 2 is 1.80 bits per heavy atom. The van der Waals surface area contributed by atoms with Crippen LogP contribution in [0.5, 0.6) is 11.5 Å². The highest BCUT2D eigenvalue weighted by molar-refractivity contribution is 6.43. The standard InChI is InChI=1S/C20H23NO4/c1-5-24-18-8-6-7-15(19(22)20(23)21-4)16(18)12-25-17-10-9-13(2)11-14(17)3/h6-11H,5,12H2,1-4H3,(H,21,23). The molecule has 0 bridgehead atoms. The van der Waals surface area contributed by atoms with Crippen LogP contribution in [0.1, 0.15) is 34.0 Å². The molecule has 0 unspecified atom stereocenters. The zero-order chi connectivity index (χ0) is 18.4. The molecule has 1 amide bonds. The lowest BCUT2D eigenvalue weighted by Crippen LogP contribution is -2.28. The van der Waals surface area contributed by atoms with E-state index in [4.69, 9.17) is 9.47 Å². The van der Waals surface area contributed by atoms with Gasteiger partial charge in [0.05, 0.1) is 6.61 Å². The molecule has 0 saturated carbocycles. The van der Waals surface area contributed by atoms with Crippen LogP contribution in [0.4, 0.5) is 0 Å². The molecule has 0 atom stereocenters. The molecule has 132 valence electrons. The van der Waals surface area contributed by atoms with Gasteiger partial charge in [-0.25, -0.2) is 0 Å². The van der Waals surface area contributed by atoms with Crippen molar-refractivity contribution in [1.29, 1.82) is 0 Å².